The van der Waals surface area contributed by atoms with Crippen molar-refractivity contribution in [3.63, 3.8) is 0 Å². The number of anilines is 1. The highest BCUT2D eigenvalue weighted by Gasteiger charge is 2.17. The fourth-order valence-corrected chi connectivity index (χ4v) is 2.11. The van der Waals surface area contributed by atoms with Crippen molar-refractivity contribution in [1.29, 1.82) is 0 Å². The number of halogens is 2. The first-order valence-electron chi connectivity index (χ1n) is 7.13. The Kier molecular flexibility index (Phi) is 6.76. The molecule has 0 aliphatic carbocycles. The third kappa shape index (κ3) is 5.91. The number of benzene rings is 2. The Hall–Kier alpha value is -2.84. The molecule has 1 N–H and O–H groups in total. The van der Waals surface area contributed by atoms with Crippen molar-refractivity contribution < 1.29 is 24.0 Å². The van der Waals surface area contributed by atoms with Crippen molar-refractivity contribution >= 4 is 46.5 Å². The number of hydrogen-bond acceptors (Lipinski definition) is 6. The van der Waals surface area contributed by atoms with Crippen LogP contribution < -0.4 is 10.1 Å². The monoisotopic (exact) mass is 398 g/mol. The molecule has 0 heterocycles. The highest BCUT2D eigenvalue weighted by molar-refractivity contribution is 6.31. The first-order chi connectivity index (χ1) is 12.3. The molecule has 1 amide bonds. The lowest BCUT2D eigenvalue weighted by Crippen LogP contribution is -2.24. The summed E-state index contributed by atoms with van der Waals surface area (Å²) in [6.45, 7) is -1.04. The maximum atomic E-state index is 11.8. The first-order valence-corrected chi connectivity index (χ1v) is 7.88. The van der Waals surface area contributed by atoms with Gasteiger partial charge in [-0.3, -0.25) is 14.9 Å². The van der Waals surface area contributed by atoms with Gasteiger partial charge >= 0.3 is 5.97 Å². The lowest BCUT2D eigenvalue weighted by atomic mass is 10.2. The number of nitrogens with zero attached hydrogens (tertiary/aromatic N) is 1. The number of nitro groups is 1. The topological polar surface area (TPSA) is 108 Å². The van der Waals surface area contributed by atoms with Gasteiger partial charge in [0.1, 0.15) is 11.4 Å². The Morgan fingerprint density at radius 3 is 2.35 bits per heavy atom. The third-order valence-corrected chi connectivity index (χ3v) is 3.45. The molecule has 0 aliphatic heterocycles. The molecule has 0 fully saturated rings. The number of hydrogen-bond donors (Lipinski definition) is 1. The molecular weight excluding hydrogens is 387 g/mol. The second-order valence-corrected chi connectivity index (χ2v) is 5.74. The van der Waals surface area contributed by atoms with Gasteiger partial charge < -0.3 is 14.8 Å². The van der Waals surface area contributed by atoms with Gasteiger partial charge in [0.2, 0.25) is 0 Å². The summed E-state index contributed by atoms with van der Waals surface area (Å²) in [6, 6.07) is 10.0. The smallest absolute Gasteiger partial charge is 0.344 e. The summed E-state index contributed by atoms with van der Waals surface area (Å²) in [4.78, 5) is 33.6. The SMILES string of the molecule is O=C(COC(=O)COc1ccc(Cl)cc1)Nc1cc(Cl)ccc1[N+](=O)[O-]. The molecule has 26 heavy (non-hydrogen) atoms. The normalized spacial score (nSPS) is 10.1. The Bertz CT molecular complexity index is 826. The summed E-state index contributed by atoms with van der Waals surface area (Å²) in [5, 5.41) is 13.9. The highest BCUT2D eigenvalue weighted by Crippen LogP contribution is 2.27. The van der Waals surface area contributed by atoms with E-state index in [1.54, 1.807) is 24.3 Å². The fourth-order valence-electron chi connectivity index (χ4n) is 1.81. The van der Waals surface area contributed by atoms with Crippen LogP contribution in [-0.2, 0) is 14.3 Å². The van der Waals surface area contributed by atoms with Crippen LogP contribution in [0.2, 0.25) is 10.0 Å². The standard InChI is InChI=1S/C16H12Cl2N2O6/c17-10-1-4-12(5-2-10)25-9-16(22)26-8-15(21)19-13-7-11(18)3-6-14(13)20(23)24/h1-7H,8-9H2,(H,19,21). The summed E-state index contributed by atoms with van der Waals surface area (Å²) in [5.74, 6) is -1.13. The van der Waals surface area contributed by atoms with Gasteiger partial charge in [-0.2, -0.15) is 0 Å². The zero-order valence-electron chi connectivity index (χ0n) is 13.1. The van der Waals surface area contributed by atoms with Crippen molar-refractivity contribution in [2.45, 2.75) is 0 Å². The minimum absolute atomic E-state index is 0.0963. The van der Waals surface area contributed by atoms with Gasteiger partial charge in [0.25, 0.3) is 11.6 Å². The molecule has 0 bridgehead atoms. The molecule has 0 aliphatic rings. The molecule has 0 saturated heterocycles. The van der Waals surface area contributed by atoms with Crippen LogP contribution in [0.5, 0.6) is 5.75 Å². The molecule has 8 nitrogen and oxygen atoms in total. The van der Waals surface area contributed by atoms with Crippen molar-refractivity contribution in [3.8, 4) is 5.75 Å². The van der Waals surface area contributed by atoms with E-state index < -0.39 is 30.0 Å². The van der Waals surface area contributed by atoms with Crippen LogP contribution in [0.25, 0.3) is 0 Å². The maximum absolute atomic E-state index is 11.8. The molecule has 2 aromatic rings. The molecule has 0 radical (unpaired) electrons. The average Bonchev–Trinajstić information content (AvgIpc) is 2.59. The van der Waals surface area contributed by atoms with E-state index in [9.17, 15) is 19.7 Å². The highest BCUT2D eigenvalue weighted by atomic mass is 35.5. The van der Waals surface area contributed by atoms with Gasteiger partial charge in [-0.25, -0.2) is 4.79 Å². The van der Waals surface area contributed by atoms with E-state index in [4.69, 9.17) is 32.7 Å². The van der Waals surface area contributed by atoms with Crippen LogP contribution in [0.4, 0.5) is 11.4 Å². The molecule has 0 saturated carbocycles. The second kappa shape index (κ2) is 9.02. The van der Waals surface area contributed by atoms with Gasteiger partial charge in [0.05, 0.1) is 4.92 Å². The van der Waals surface area contributed by atoms with Crippen LogP contribution in [0, 0.1) is 10.1 Å². The van der Waals surface area contributed by atoms with Crippen molar-refractivity contribution in [3.05, 3.63) is 62.6 Å². The number of ether oxygens (including phenoxy) is 2. The van der Waals surface area contributed by atoms with Crippen LogP contribution >= 0.6 is 23.2 Å². The minimum atomic E-state index is -0.782. The Morgan fingerprint density at radius 2 is 1.69 bits per heavy atom. The average molecular weight is 399 g/mol. The fraction of sp³-hybridized carbons (Fsp3) is 0.125. The lowest BCUT2D eigenvalue weighted by molar-refractivity contribution is -0.383. The Labute approximate surface area is 157 Å². The quantitative estimate of drug-likeness (QED) is 0.434. The van der Waals surface area contributed by atoms with Crippen LogP contribution in [0.1, 0.15) is 0 Å². The Morgan fingerprint density at radius 1 is 1.04 bits per heavy atom. The van der Waals surface area contributed by atoms with Crippen molar-refractivity contribution in [2.24, 2.45) is 0 Å². The summed E-state index contributed by atoms with van der Waals surface area (Å²) < 4.78 is 9.92. The molecular formula is C16H12Cl2N2O6. The summed E-state index contributed by atoms with van der Waals surface area (Å²) in [7, 11) is 0. The van der Waals surface area contributed by atoms with E-state index in [0.717, 1.165) is 6.07 Å². The third-order valence-electron chi connectivity index (χ3n) is 2.96. The summed E-state index contributed by atoms with van der Waals surface area (Å²) in [5.41, 5.74) is -0.430. The second-order valence-electron chi connectivity index (χ2n) is 4.87. The summed E-state index contributed by atoms with van der Waals surface area (Å²) >= 11 is 11.5. The van der Waals surface area contributed by atoms with Crippen LogP contribution in [0.3, 0.4) is 0 Å². The maximum Gasteiger partial charge on any atom is 0.344 e. The molecule has 0 unspecified atom stereocenters. The molecule has 10 heteroatoms. The predicted molar refractivity (Wildman–Crippen MR) is 94.6 cm³/mol. The summed E-state index contributed by atoms with van der Waals surface area (Å²) in [6.07, 6.45) is 0. The minimum Gasteiger partial charge on any atom is -0.482 e. The van der Waals surface area contributed by atoms with E-state index in [0.29, 0.717) is 10.8 Å². The number of nitro benzene ring substituents is 1. The van der Waals surface area contributed by atoms with E-state index in [-0.39, 0.29) is 16.4 Å². The first kappa shape index (κ1) is 19.5. The number of nitrogens with one attached hydrogen (secondary N) is 1. The zero-order valence-corrected chi connectivity index (χ0v) is 14.6. The van der Waals surface area contributed by atoms with Gasteiger partial charge in [0.15, 0.2) is 13.2 Å². The molecule has 136 valence electrons. The molecule has 0 spiro atoms. The van der Waals surface area contributed by atoms with Crippen molar-refractivity contribution in [2.75, 3.05) is 18.5 Å². The Balaban J connectivity index is 1.83. The van der Waals surface area contributed by atoms with E-state index in [1.807, 2.05) is 0 Å². The largest absolute Gasteiger partial charge is 0.482 e. The van der Waals surface area contributed by atoms with E-state index >= 15 is 0 Å². The predicted octanol–water partition coefficient (Wildman–Crippen LogP) is 3.46. The number of carbonyl (C=O) groups excluding carboxylic acids is 2. The lowest BCUT2D eigenvalue weighted by Gasteiger charge is -2.08. The van der Waals surface area contributed by atoms with E-state index in [2.05, 4.69) is 5.32 Å². The van der Waals surface area contributed by atoms with Gasteiger partial charge in [-0.15, -0.1) is 0 Å². The van der Waals surface area contributed by atoms with Gasteiger partial charge in [-0.05, 0) is 36.4 Å². The van der Waals surface area contributed by atoms with E-state index in [1.165, 1.54) is 12.1 Å². The molecule has 0 aromatic heterocycles. The van der Waals surface area contributed by atoms with Gasteiger partial charge in [0, 0.05) is 16.1 Å². The number of rotatable bonds is 7. The zero-order chi connectivity index (χ0) is 19.1. The van der Waals surface area contributed by atoms with Crippen molar-refractivity contribution in [1.82, 2.24) is 0 Å². The molecule has 0 atom stereocenters. The molecule has 2 aromatic carbocycles. The van der Waals surface area contributed by atoms with Crippen LogP contribution in [-0.4, -0.2) is 30.0 Å². The van der Waals surface area contributed by atoms with Gasteiger partial charge in [-0.1, -0.05) is 23.2 Å². The van der Waals surface area contributed by atoms with Crippen LogP contribution in [0.15, 0.2) is 42.5 Å². The molecule has 2 rings (SSSR count). The number of esters is 1. The number of amides is 1. The number of carbonyl (C=O) groups is 2.